The average Bonchev–Trinajstić information content (AvgIpc) is 2.31. The Bertz CT molecular complexity index is 456. The van der Waals surface area contributed by atoms with Crippen LogP contribution in [0.3, 0.4) is 0 Å². The van der Waals surface area contributed by atoms with Crippen molar-refractivity contribution < 1.29 is 4.79 Å². The summed E-state index contributed by atoms with van der Waals surface area (Å²) in [5.41, 5.74) is 0.631. The molecule has 0 aliphatic rings. The smallest absolute Gasteiger partial charge is 0.152 e. The van der Waals surface area contributed by atoms with Gasteiger partial charge in [-0.1, -0.05) is 30.0 Å². The number of rotatable bonds is 3. The Morgan fingerprint density at radius 2 is 1.93 bits per heavy atom. The fraction of sp³-hybridized carbons (Fsp3) is 0. The maximum atomic E-state index is 10.8. The molecular formula is C12H9NOS. The van der Waals surface area contributed by atoms with Gasteiger partial charge in [-0.25, -0.2) is 0 Å². The Balaban J connectivity index is 2.28. The number of nitrogens with zero attached hydrogens (tertiary/aromatic N) is 1. The molecule has 0 N–H and O–H groups in total. The van der Waals surface area contributed by atoms with Crippen LogP contribution in [0.2, 0.25) is 0 Å². The third-order valence-corrected chi connectivity index (χ3v) is 3.01. The van der Waals surface area contributed by atoms with Crippen molar-refractivity contribution in [3.05, 3.63) is 54.4 Å². The molecule has 0 amide bonds. The molecule has 2 aromatic rings. The van der Waals surface area contributed by atoms with Crippen LogP contribution in [0, 0.1) is 0 Å². The van der Waals surface area contributed by atoms with Gasteiger partial charge in [0.05, 0.1) is 0 Å². The van der Waals surface area contributed by atoms with E-state index in [-0.39, 0.29) is 0 Å². The summed E-state index contributed by atoms with van der Waals surface area (Å²) in [7, 11) is 0. The topological polar surface area (TPSA) is 30.0 Å². The maximum absolute atomic E-state index is 10.8. The van der Waals surface area contributed by atoms with Gasteiger partial charge < -0.3 is 0 Å². The van der Waals surface area contributed by atoms with E-state index in [9.17, 15) is 4.79 Å². The molecule has 2 nitrogen and oxygen atoms in total. The molecule has 0 saturated carbocycles. The van der Waals surface area contributed by atoms with Crippen LogP contribution in [0.5, 0.6) is 0 Å². The van der Waals surface area contributed by atoms with Crippen LogP contribution in [0.1, 0.15) is 10.4 Å². The summed E-state index contributed by atoms with van der Waals surface area (Å²) in [6.07, 6.45) is 4.11. The van der Waals surface area contributed by atoms with Gasteiger partial charge in [0.2, 0.25) is 0 Å². The molecule has 3 heteroatoms. The van der Waals surface area contributed by atoms with Gasteiger partial charge >= 0.3 is 0 Å². The molecular weight excluding hydrogens is 206 g/mol. The third-order valence-electron chi connectivity index (χ3n) is 1.91. The minimum atomic E-state index is 0.631. The lowest BCUT2D eigenvalue weighted by atomic mass is 10.3. The second-order valence-corrected chi connectivity index (χ2v) is 4.06. The van der Waals surface area contributed by atoms with Gasteiger partial charge in [-0.05, 0) is 18.2 Å². The van der Waals surface area contributed by atoms with E-state index < -0.39 is 0 Å². The molecule has 15 heavy (non-hydrogen) atoms. The van der Waals surface area contributed by atoms with Gasteiger partial charge in [0.1, 0.15) is 0 Å². The zero-order valence-electron chi connectivity index (χ0n) is 7.96. The first-order chi connectivity index (χ1) is 7.40. The van der Waals surface area contributed by atoms with E-state index in [2.05, 4.69) is 4.98 Å². The molecule has 1 heterocycles. The van der Waals surface area contributed by atoms with Gasteiger partial charge in [-0.2, -0.15) is 0 Å². The fourth-order valence-corrected chi connectivity index (χ4v) is 2.09. The highest BCUT2D eigenvalue weighted by Crippen LogP contribution is 2.28. The molecule has 0 bridgehead atoms. The lowest BCUT2D eigenvalue weighted by Gasteiger charge is -2.02. The van der Waals surface area contributed by atoms with Crippen LogP contribution >= 0.6 is 11.8 Å². The first-order valence-electron chi connectivity index (χ1n) is 4.52. The normalized spacial score (nSPS) is 9.87. The van der Waals surface area contributed by atoms with Gasteiger partial charge in [-0.15, -0.1) is 0 Å². The van der Waals surface area contributed by atoms with Crippen molar-refractivity contribution in [3.8, 4) is 0 Å². The van der Waals surface area contributed by atoms with E-state index in [0.717, 1.165) is 16.1 Å². The number of carbonyl (C=O) groups is 1. The van der Waals surface area contributed by atoms with Gasteiger partial charge in [-0.3, -0.25) is 9.78 Å². The third kappa shape index (κ3) is 2.44. The summed E-state index contributed by atoms with van der Waals surface area (Å²) in [4.78, 5) is 16.7. The number of aldehydes is 1. The molecule has 0 spiro atoms. The van der Waals surface area contributed by atoms with Crippen LogP contribution in [0.25, 0.3) is 0 Å². The quantitative estimate of drug-likeness (QED) is 0.737. The van der Waals surface area contributed by atoms with E-state index >= 15 is 0 Å². The van der Waals surface area contributed by atoms with Crippen molar-refractivity contribution in [1.82, 2.24) is 4.98 Å². The molecule has 74 valence electrons. The van der Waals surface area contributed by atoms with Crippen molar-refractivity contribution in [2.45, 2.75) is 9.79 Å². The summed E-state index contributed by atoms with van der Waals surface area (Å²) < 4.78 is 0. The van der Waals surface area contributed by atoms with Crippen molar-refractivity contribution in [1.29, 1.82) is 0 Å². The Labute approximate surface area is 92.4 Å². The van der Waals surface area contributed by atoms with Crippen LogP contribution in [0.15, 0.2) is 58.6 Å². The summed E-state index contributed by atoms with van der Waals surface area (Å²) in [6, 6.07) is 11.8. The SMILES string of the molecule is O=Cc1cnccc1Sc1ccccc1. The van der Waals surface area contributed by atoms with Crippen molar-refractivity contribution >= 4 is 18.0 Å². The standard InChI is InChI=1S/C12H9NOS/c14-9-10-8-13-7-6-12(10)15-11-4-2-1-3-5-11/h1-9H. The molecule has 0 atom stereocenters. The zero-order valence-corrected chi connectivity index (χ0v) is 8.78. The van der Waals surface area contributed by atoms with E-state index in [1.807, 2.05) is 36.4 Å². The van der Waals surface area contributed by atoms with E-state index in [4.69, 9.17) is 0 Å². The first-order valence-corrected chi connectivity index (χ1v) is 5.34. The largest absolute Gasteiger partial charge is 0.298 e. The minimum Gasteiger partial charge on any atom is -0.298 e. The van der Waals surface area contributed by atoms with Crippen LogP contribution in [0.4, 0.5) is 0 Å². The first kappa shape index (κ1) is 9.93. The van der Waals surface area contributed by atoms with Crippen molar-refractivity contribution in [2.75, 3.05) is 0 Å². The van der Waals surface area contributed by atoms with Crippen molar-refractivity contribution in [3.63, 3.8) is 0 Å². The number of hydrogen-bond donors (Lipinski definition) is 0. The fourth-order valence-electron chi connectivity index (χ4n) is 1.19. The molecule has 0 unspecified atom stereocenters. The molecule has 0 radical (unpaired) electrons. The molecule has 0 fully saturated rings. The van der Waals surface area contributed by atoms with Gasteiger partial charge in [0.15, 0.2) is 6.29 Å². The van der Waals surface area contributed by atoms with E-state index in [1.54, 1.807) is 24.2 Å². The lowest BCUT2D eigenvalue weighted by Crippen LogP contribution is -1.86. The zero-order chi connectivity index (χ0) is 10.5. The molecule has 2 rings (SSSR count). The molecule has 1 aromatic heterocycles. The maximum Gasteiger partial charge on any atom is 0.152 e. The predicted octanol–water partition coefficient (Wildman–Crippen LogP) is 3.05. The number of benzene rings is 1. The number of carbonyl (C=O) groups excluding carboxylic acids is 1. The van der Waals surface area contributed by atoms with Crippen molar-refractivity contribution in [2.24, 2.45) is 0 Å². The van der Waals surface area contributed by atoms with E-state index in [1.165, 1.54) is 0 Å². The average molecular weight is 215 g/mol. The monoisotopic (exact) mass is 215 g/mol. The highest BCUT2D eigenvalue weighted by molar-refractivity contribution is 7.99. The highest BCUT2D eigenvalue weighted by atomic mass is 32.2. The lowest BCUT2D eigenvalue weighted by molar-refractivity contribution is 0.112. The molecule has 0 aliphatic heterocycles. The Morgan fingerprint density at radius 3 is 2.67 bits per heavy atom. The number of hydrogen-bond acceptors (Lipinski definition) is 3. The molecule has 0 aliphatic carbocycles. The van der Waals surface area contributed by atoms with Crippen LogP contribution < -0.4 is 0 Å². The molecule has 0 saturated heterocycles. The summed E-state index contributed by atoms with van der Waals surface area (Å²) in [5.74, 6) is 0. The van der Waals surface area contributed by atoms with Gasteiger partial charge in [0.25, 0.3) is 0 Å². The second-order valence-electron chi connectivity index (χ2n) is 2.95. The Hall–Kier alpha value is -1.61. The van der Waals surface area contributed by atoms with Crippen LogP contribution in [-0.2, 0) is 0 Å². The minimum absolute atomic E-state index is 0.631. The number of aromatic nitrogens is 1. The Morgan fingerprint density at radius 1 is 1.13 bits per heavy atom. The highest BCUT2D eigenvalue weighted by Gasteiger charge is 2.02. The Kier molecular flexibility index (Phi) is 3.15. The summed E-state index contributed by atoms with van der Waals surface area (Å²) in [6.45, 7) is 0. The summed E-state index contributed by atoms with van der Waals surface area (Å²) in [5, 5.41) is 0. The number of pyridine rings is 1. The van der Waals surface area contributed by atoms with Crippen LogP contribution in [-0.4, -0.2) is 11.3 Å². The predicted molar refractivity (Wildman–Crippen MR) is 60.2 cm³/mol. The molecule has 1 aromatic carbocycles. The second kappa shape index (κ2) is 4.75. The van der Waals surface area contributed by atoms with Gasteiger partial charge in [0, 0.05) is 27.7 Å². The summed E-state index contributed by atoms with van der Waals surface area (Å²) >= 11 is 1.57. The van der Waals surface area contributed by atoms with E-state index in [0.29, 0.717) is 5.56 Å².